The lowest BCUT2D eigenvalue weighted by Gasteiger charge is -2.30. The number of ketones is 1. The first-order valence-electron chi connectivity index (χ1n) is 6.03. The molecule has 0 amide bonds. The molecule has 1 aliphatic rings. The summed E-state index contributed by atoms with van der Waals surface area (Å²) in [6, 6.07) is 0. The molecule has 0 aliphatic carbocycles. The summed E-state index contributed by atoms with van der Waals surface area (Å²) in [5.41, 5.74) is 0. The van der Waals surface area contributed by atoms with Crippen LogP contribution in [0, 0.1) is 24.7 Å². The van der Waals surface area contributed by atoms with Crippen molar-refractivity contribution < 1.29 is 29.0 Å². The molecule has 8 heteroatoms. The lowest BCUT2D eigenvalue weighted by molar-refractivity contribution is -0.140. The molecule has 3 unspecified atom stereocenters. The molecule has 1 rings (SSSR count). The second-order valence-electron chi connectivity index (χ2n) is 5.02. The maximum absolute atomic E-state index is 11.7. The number of hydrogen-bond acceptors (Lipinski definition) is 4. The Labute approximate surface area is 111 Å². The molecular weight excluding hydrogens is 273 g/mol. The molecule has 1 fully saturated rings. The Balaban J connectivity index is 2.52. The summed E-state index contributed by atoms with van der Waals surface area (Å²) in [6.07, 6.45) is 0.0476. The number of nitrogens with one attached hydrogen (secondary N) is 1. The van der Waals surface area contributed by atoms with Gasteiger partial charge in [0, 0.05) is 12.5 Å². The Kier molecular flexibility index (Phi) is 5.67. The summed E-state index contributed by atoms with van der Waals surface area (Å²) in [6.45, 7) is 4.50. The van der Waals surface area contributed by atoms with Crippen LogP contribution in [0.2, 0.25) is 0 Å². The molecule has 0 aromatic heterocycles. The fraction of sp³-hybridized carbons (Fsp3) is 0.727. The average Bonchev–Trinajstić information content (AvgIpc) is 2.27. The molecule has 0 aromatic rings. The van der Waals surface area contributed by atoms with Crippen LogP contribution in [-0.4, -0.2) is 45.9 Å². The standard InChI is InChI=1S/C11H19NO6P/c1-7(11(14)15)2-8-3-9(5-12-4-8)10(13)6-19(16,17)18/h7-9,12H,1-6H2,(H,14,15)(H2,16,17,18). The highest BCUT2D eigenvalue weighted by Gasteiger charge is 2.32. The molecule has 0 bridgehead atoms. The van der Waals surface area contributed by atoms with Gasteiger partial charge in [0.15, 0.2) is 0 Å². The van der Waals surface area contributed by atoms with E-state index in [0.717, 1.165) is 0 Å². The summed E-state index contributed by atoms with van der Waals surface area (Å²) in [7, 11) is -4.34. The minimum atomic E-state index is -4.34. The predicted octanol–water partition coefficient (Wildman–Crippen LogP) is -0.116. The molecule has 3 atom stereocenters. The quantitative estimate of drug-likeness (QED) is 0.503. The van der Waals surface area contributed by atoms with Crippen molar-refractivity contribution in [1.82, 2.24) is 5.32 Å². The Bertz CT molecular complexity index is 393. The third kappa shape index (κ3) is 5.82. The average molecular weight is 292 g/mol. The van der Waals surface area contributed by atoms with Crippen LogP contribution in [0.25, 0.3) is 0 Å². The number of carboxylic acid groups (broad SMARTS) is 1. The first kappa shape index (κ1) is 16.3. The molecule has 1 radical (unpaired) electrons. The zero-order valence-corrected chi connectivity index (χ0v) is 11.4. The first-order valence-corrected chi connectivity index (χ1v) is 7.82. The van der Waals surface area contributed by atoms with Gasteiger partial charge < -0.3 is 20.2 Å². The van der Waals surface area contributed by atoms with E-state index in [4.69, 9.17) is 14.9 Å². The van der Waals surface area contributed by atoms with E-state index in [1.54, 1.807) is 0 Å². The van der Waals surface area contributed by atoms with E-state index in [1.165, 1.54) is 0 Å². The van der Waals surface area contributed by atoms with Crippen molar-refractivity contribution in [3.8, 4) is 0 Å². The van der Waals surface area contributed by atoms with Crippen molar-refractivity contribution in [3.05, 3.63) is 6.92 Å². The summed E-state index contributed by atoms with van der Waals surface area (Å²) in [5, 5.41) is 11.8. The Morgan fingerprint density at radius 1 is 1.37 bits per heavy atom. The van der Waals surface area contributed by atoms with Gasteiger partial charge in [-0.2, -0.15) is 0 Å². The first-order chi connectivity index (χ1) is 8.69. The van der Waals surface area contributed by atoms with Gasteiger partial charge in [-0.1, -0.05) is 0 Å². The third-order valence-corrected chi connectivity index (χ3v) is 3.95. The number of piperidine rings is 1. The SMILES string of the molecule is [CH2]C(CC1CNCC(C(=O)CP(=O)(O)O)C1)C(=O)O. The monoisotopic (exact) mass is 292 g/mol. The molecule has 0 saturated carbocycles. The zero-order chi connectivity index (χ0) is 14.6. The topological polar surface area (TPSA) is 124 Å². The fourth-order valence-corrected chi connectivity index (χ4v) is 2.96. The molecule has 0 aromatic carbocycles. The molecule has 7 nitrogen and oxygen atoms in total. The normalized spacial score (nSPS) is 25.8. The van der Waals surface area contributed by atoms with Crippen LogP contribution in [-0.2, 0) is 14.2 Å². The summed E-state index contributed by atoms with van der Waals surface area (Å²) >= 11 is 0. The molecule has 1 heterocycles. The summed E-state index contributed by atoms with van der Waals surface area (Å²) in [5.74, 6) is -2.67. The minimum Gasteiger partial charge on any atom is -0.481 e. The van der Waals surface area contributed by atoms with Crippen LogP contribution in [0.4, 0.5) is 0 Å². The van der Waals surface area contributed by atoms with E-state index in [-0.39, 0.29) is 5.92 Å². The molecule has 0 spiro atoms. The maximum Gasteiger partial charge on any atom is 0.332 e. The summed E-state index contributed by atoms with van der Waals surface area (Å²) in [4.78, 5) is 40.0. The van der Waals surface area contributed by atoms with E-state index in [0.29, 0.717) is 25.9 Å². The summed E-state index contributed by atoms with van der Waals surface area (Å²) < 4.78 is 10.8. The Morgan fingerprint density at radius 2 is 2.00 bits per heavy atom. The largest absolute Gasteiger partial charge is 0.481 e. The van der Waals surface area contributed by atoms with Crippen LogP contribution in [0.3, 0.4) is 0 Å². The number of rotatable bonds is 6. The number of aliphatic carboxylic acids is 1. The number of Topliss-reactive ketones (excluding diaryl/α,β-unsaturated/α-hetero) is 1. The van der Waals surface area contributed by atoms with E-state index in [1.807, 2.05) is 0 Å². The van der Waals surface area contributed by atoms with E-state index in [9.17, 15) is 14.2 Å². The molecule has 1 aliphatic heterocycles. The van der Waals surface area contributed by atoms with E-state index in [2.05, 4.69) is 12.2 Å². The fourth-order valence-electron chi connectivity index (χ4n) is 2.29. The molecular formula is C11H19NO6P. The van der Waals surface area contributed by atoms with Gasteiger partial charge in [0.1, 0.15) is 11.9 Å². The van der Waals surface area contributed by atoms with E-state index >= 15 is 0 Å². The third-order valence-electron chi connectivity index (χ3n) is 3.23. The van der Waals surface area contributed by atoms with Gasteiger partial charge in [0.05, 0.1) is 5.92 Å². The number of hydrogen-bond donors (Lipinski definition) is 4. The van der Waals surface area contributed by atoms with Gasteiger partial charge in [-0.25, -0.2) is 0 Å². The van der Waals surface area contributed by atoms with Crippen LogP contribution in [0.1, 0.15) is 12.8 Å². The highest BCUT2D eigenvalue weighted by atomic mass is 31.2. The molecule has 19 heavy (non-hydrogen) atoms. The van der Waals surface area contributed by atoms with Crippen molar-refractivity contribution in [2.24, 2.45) is 17.8 Å². The van der Waals surface area contributed by atoms with Gasteiger partial charge in [0.2, 0.25) is 0 Å². The van der Waals surface area contributed by atoms with Crippen molar-refractivity contribution in [1.29, 1.82) is 0 Å². The van der Waals surface area contributed by atoms with E-state index < -0.39 is 37.3 Å². The van der Waals surface area contributed by atoms with Gasteiger partial charge in [-0.05, 0) is 32.2 Å². The van der Waals surface area contributed by atoms with Crippen LogP contribution >= 0.6 is 7.60 Å². The molecule has 109 valence electrons. The number of carbonyl (C=O) groups excluding carboxylic acids is 1. The molecule has 1 saturated heterocycles. The Hall–Kier alpha value is -0.750. The zero-order valence-electron chi connectivity index (χ0n) is 10.5. The van der Waals surface area contributed by atoms with Crippen molar-refractivity contribution >= 4 is 19.3 Å². The van der Waals surface area contributed by atoms with Gasteiger partial charge in [0.25, 0.3) is 0 Å². The Morgan fingerprint density at radius 3 is 2.53 bits per heavy atom. The van der Waals surface area contributed by atoms with Crippen molar-refractivity contribution in [2.75, 3.05) is 19.3 Å². The molecule has 4 N–H and O–H groups in total. The lowest BCUT2D eigenvalue weighted by Crippen LogP contribution is -2.41. The minimum absolute atomic E-state index is 0.0157. The second-order valence-corrected chi connectivity index (χ2v) is 6.66. The van der Waals surface area contributed by atoms with Crippen molar-refractivity contribution in [2.45, 2.75) is 12.8 Å². The van der Waals surface area contributed by atoms with Crippen LogP contribution < -0.4 is 5.32 Å². The van der Waals surface area contributed by atoms with Crippen molar-refractivity contribution in [3.63, 3.8) is 0 Å². The predicted molar refractivity (Wildman–Crippen MR) is 67.5 cm³/mol. The van der Waals surface area contributed by atoms with Gasteiger partial charge in [-0.3, -0.25) is 14.2 Å². The number of carbonyl (C=O) groups is 2. The van der Waals surface area contributed by atoms with Crippen LogP contribution in [0.5, 0.6) is 0 Å². The lowest BCUT2D eigenvalue weighted by atomic mass is 9.83. The smallest absolute Gasteiger partial charge is 0.332 e. The van der Waals surface area contributed by atoms with Gasteiger partial charge >= 0.3 is 13.6 Å². The maximum atomic E-state index is 11.7. The second kappa shape index (κ2) is 6.61. The highest BCUT2D eigenvalue weighted by molar-refractivity contribution is 7.52. The van der Waals surface area contributed by atoms with Gasteiger partial charge in [-0.15, -0.1) is 0 Å². The highest BCUT2D eigenvalue weighted by Crippen LogP contribution is 2.36. The van der Waals surface area contributed by atoms with Crippen LogP contribution in [0.15, 0.2) is 0 Å². The number of carboxylic acids is 1.